The molecule has 1 saturated heterocycles. The molecule has 104 valence electrons. The minimum absolute atomic E-state index is 0.0574. The summed E-state index contributed by atoms with van der Waals surface area (Å²) < 4.78 is 24.9. The molecule has 1 heterocycles. The van der Waals surface area contributed by atoms with E-state index in [9.17, 15) is 13.6 Å². The zero-order valence-corrected chi connectivity index (χ0v) is 11.2. The summed E-state index contributed by atoms with van der Waals surface area (Å²) in [7, 11) is 0. The number of halogens is 3. The summed E-state index contributed by atoms with van der Waals surface area (Å²) in [5.74, 6) is -0.133. The first-order valence-corrected chi connectivity index (χ1v) is 6.84. The Morgan fingerprint density at radius 1 is 1.05 bits per heavy atom. The average Bonchev–Trinajstić information content (AvgIpc) is 2.46. The molecule has 1 atom stereocenters. The lowest BCUT2D eigenvalue weighted by Crippen LogP contribution is -2.37. The number of nitrogens with zero attached hydrogens (tertiary/aromatic N) is 1. The predicted octanol–water partition coefficient (Wildman–Crippen LogP) is 3.92. The zero-order valence-electron chi connectivity index (χ0n) is 10.5. The van der Waals surface area contributed by atoms with Gasteiger partial charge in [-0.1, -0.05) is 24.3 Å². The summed E-state index contributed by atoms with van der Waals surface area (Å²) in [5, 5.41) is -0.787. The van der Waals surface area contributed by atoms with Gasteiger partial charge in [-0.2, -0.15) is 0 Å². The van der Waals surface area contributed by atoms with Crippen molar-refractivity contribution in [2.45, 2.75) is 31.1 Å². The summed E-state index contributed by atoms with van der Waals surface area (Å²) in [5.41, 5.74) is 0.514. The molecule has 1 aromatic rings. The quantitative estimate of drug-likeness (QED) is 0.772. The van der Waals surface area contributed by atoms with E-state index in [2.05, 4.69) is 0 Å². The fraction of sp³-hybridized carbons (Fsp3) is 0.500. The molecular formula is C14H16ClF2NO. The van der Waals surface area contributed by atoms with Gasteiger partial charge in [-0.3, -0.25) is 4.79 Å². The lowest BCUT2D eigenvalue weighted by molar-refractivity contribution is -0.131. The molecule has 1 aliphatic rings. The van der Waals surface area contributed by atoms with Crippen LogP contribution in [-0.2, 0) is 4.79 Å². The van der Waals surface area contributed by atoms with Crippen LogP contribution in [0, 0.1) is 0 Å². The number of hydrogen-bond acceptors (Lipinski definition) is 1. The van der Waals surface area contributed by atoms with Crippen LogP contribution in [0.25, 0.3) is 0 Å². The second-order valence-electron chi connectivity index (χ2n) is 4.72. The predicted molar refractivity (Wildman–Crippen MR) is 70.4 cm³/mol. The molecule has 0 N–H and O–H groups in total. The van der Waals surface area contributed by atoms with Gasteiger partial charge in [0, 0.05) is 18.7 Å². The van der Waals surface area contributed by atoms with Crippen LogP contribution < -0.4 is 0 Å². The molecule has 5 heteroatoms. The van der Waals surface area contributed by atoms with Crippen LogP contribution in [-0.4, -0.2) is 23.9 Å². The number of amides is 1. The van der Waals surface area contributed by atoms with Gasteiger partial charge in [0.05, 0.1) is 0 Å². The van der Waals surface area contributed by atoms with Gasteiger partial charge in [0.1, 0.15) is 5.38 Å². The zero-order chi connectivity index (χ0) is 13.8. The van der Waals surface area contributed by atoms with Gasteiger partial charge in [0.15, 0.2) is 0 Å². The van der Waals surface area contributed by atoms with Gasteiger partial charge in [0.25, 0.3) is 6.43 Å². The van der Waals surface area contributed by atoms with E-state index < -0.39 is 11.8 Å². The highest BCUT2D eigenvalue weighted by molar-refractivity contribution is 6.30. The molecule has 0 bridgehead atoms. The van der Waals surface area contributed by atoms with Gasteiger partial charge < -0.3 is 4.90 Å². The van der Waals surface area contributed by atoms with Crippen molar-refractivity contribution in [3.8, 4) is 0 Å². The van der Waals surface area contributed by atoms with Crippen LogP contribution >= 0.6 is 11.6 Å². The normalized spacial score (nSPS) is 17.6. The van der Waals surface area contributed by atoms with E-state index in [-0.39, 0.29) is 11.5 Å². The van der Waals surface area contributed by atoms with E-state index in [1.165, 1.54) is 24.3 Å². The van der Waals surface area contributed by atoms with Gasteiger partial charge in [0.2, 0.25) is 5.91 Å². The molecule has 0 saturated carbocycles. The van der Waals surface area contributed by atoms with Crippen molar-refractivity contribution in [1.82, 2.24) is 4.90 Å². The van der Waals surface area contributed by atoms with Crippen molar-refractivity contribution >= 4 is 17.5 Å². The molecule has 1 aromatic carbocycles. The molecule has 1 amide bonds. The lowest BCUT2D eigenvalue weighted by Gasteiger charge is -2.28. The highest BCUT2D eigenvalue weighted by Crippen LogP contribution is 2.27. The average molecular weight is 288 g/mol. The maximum atomic E-state index is 12.4. The van der Waals surface area contributed by atoms with E-state index in [1.807, 2.05) is 0 Å². The van der Waals surface area contributed by atoms with Gasteiger partial charge in [-0.25, -0.2) is 8.78 Å². The molecular weight excluding hydrogens is 272 g/mol. The van der Waals surface area contributed by atoms with Crippen LogP contribution in [0.1, 0.15) is 42.2 Å². The Labute approximate surface area is 116 Å². The number of hydrogen-bond donors (Lipinski definition) is 0. The third kappa shape index (κ3) is 3.44. The molecule has 0 spiro atoms. The van der Waals surface area contributed by atoms with E-state index in [0.29, 0.717) is 5.56 Å². The second-order valence-corrected chi connectivity index (χ2v) is 5.15. The fourth-order valence-electron chi connectivity index (χ4n) is 2.23. The SMILES string of the molecule is O=C(C(Cl)c1ccc(C(F)F)cc1)N1CCCCC1. The molecule has 1 unspecified atom stereocenters. The Morgan fingerprint density at radius 3 is 2.11 bits per heavy atom. The van der Waals surface area contributed by atoms with Crippen molar-refractivity contribution < 1.29 is 13.6 Å². The van der Waals surface area contributed by atoms with E-state index >= 15 is 0 Å². The maximum Gasteiger partial charge on any atom is 0.263 e. The number of carbonyl (C=O) groups is 1. The number of alkyl halides is 3. The van der Waals surface area contributed by atoms with Crippen LogP contribution in [0.4, 0.5) is 8.78 Å². The molecule has 0 aromatic heterocycles. The number of rotatable bonds is 3. The third-order valence-corrected chi connectivity index (χ3v) is 3.80. The van der Waals surface area contributed by atoms with Crippen molar-refractivity contribution in [2.75, 3.05) is 13.1 Å². The first-order valence-electron chi connectivity index (χ1n) is 6.40. The van der Waals surface area contributed by atoms with Crippen LogP contribution in [0.3, 0.4) is 0 Å². The highest BCUT2D eigenvalue weighted by Gasteiger charge is 2.25. The molecule has 1 aliphatic heterocycles. The van der Waals surface area contributed by atoms with E-state index in [0.717, 1.165) is 32.4 Å². The molecule has 2 nitrogen and oxygen atoms in total. The van der Waals surface area contributed by atoms with Crippen LogP contribution in [0.5, 0.6) is 0 Å². The van der Waals surface area contributed by atoms with Gasteiger partial charge >= 0.3 is 0 Å². The summed E-state index contributed by atoms with van der Waals surface area (Å²) >= 11 is 6.14. The Balaban J connectivity index is 2.05. The lowest BCUT2D eigenvalue weighted by atomic mass is 10.1. The largest absolute Gasteiger partial charge is 0.341 e. The standard InChI is InChI=1S/C14H16ClF2NO/c15-12(14(19)18-8-2-1-3-9-18)10-4-6-11(7-5-10)13(16)17/h4-7,12-13H,1-3,8-9H2. The van der Waals surface area contributed by atoms with Crippen LogP contribution in [0.15, 0.2) is 24.3 Å². The van der Waals surface area contributed by atoms with Gasteiger partial charge in [-0.05, 0) is 24.8 Å². The Hall–Kier alpha value is -1.16. The Morgan fingerprint density at radius 2 is 1.58 bits per heavy atom. The minimum Gasteiger partial charge on any atom is -0.341 e. The first-order chi connectivity index (χ1) is 9.09. The summed E-state index contributed by atoms with van der Waals surface area (Å²) in [6.07, 6.45) is 0.639. The monoisotopic (exact) mass is 287 g/mol. The molecule has 0 aliphatic carbocycles. The molecule has 0 radical (unpaired) electrons. The first kappa shape index (κ1) is 14.3. The minimum atomic E-state index is -2.50. The Bertz CT molecular complexity index is 430. The number of likely N-dealkylation sites (tertiary alicyclic amines) is 1. The van der Waals surface area contributed by atoms with Crippen molar-refractivity contribution in [1.29, 1.82) is 0 Å². The Kier molecular flexibility index (Phi) is 4.75. The summed E-state index contributed by atoms with van der Waals surface area (Å²) in [6.45, 7) is 1.47. The van der Waals surface area contributed by atoms with Crippen molar-refractivity contribution in [3.05, 3.63) is 35.4 Å². The number of benzene rings is 1. The van der Waals surface area contributed by atoms with Gasteiger partial charge in [-0.15, -0.1) is 11.6 Å². The molecule has 2 rings (SSSR count). The summed E-state index contributed by atoms with van der Waals surface area (Å²) in [6, 6.07) is 5.64. The third-order valence-electron chi connectivity index (χ3n) is 3.37. The maximum absolute atomic E-state index is 12.4. The second kappa shape index (κ2) is 6.33. The molecule has 19 heavy (non-hydrogen) atoms. The summed E-state index contributed by atoms with van der Waals surface area (Å²) in [4.78, 5) is 13.9. The molecule has 1 fully saturated rings. The van der Waals surface area contributed by atoms with E-state index in [4.69, 9.17) is 11.6 Å². The fourth-order valence-corrected chi connectivity index (χ4v) is 2.51. The van der Waals surface area contributed by atoms with Crippen LogP contribution in [0.2, 0.25) is 0 Å². The number of carbonyl (C=O) groups excluding carboxylic acids is 1. The highest BCUT2D eigenvalue weighted by atomic mass is 35.5. The van der Waals surface area contributed by atoms with Crippen molar-refractivity contribution in [2.24, 2.45) is 0 Å². The topological polar surface area (TPSA) is 20.3 Å². The van der Waals surface area contributed by atoms with Crippen molar-refractivity contribution in [3.63, 3.8) is 0 Å². The number of piperidine rings is 1. The van der Waals surface area contributed by atoms with E-state index in [1.54, 1.807) is 4.90 Å². The smallest absolute Gasteiger partial charge is 0.263 e.